The van der Waals surface area contributed by atoms with Gasteiger partial charge in [0.1, 0.15) is 0 Å². The number of hydrogen-bond donors (Lipinski definition) is 3. The Hall–Kier alpha value is -1.88. The summed E-state index contributed by atoms with van der Waals surface area (Å²) in [5, 5.41) is 2.72. The van der Waals surface area contributed by atoms with Crippen LogP contribution in [0.3, 0.4) is 0 Å². The molecule has 1 aromatic carbocycles. The van der Waals surface area contributed by atoms with Gasteiger partial charge in [-0.1, -0.05) is 6.07 Å². The summed E-state index contributed by atoms with van der Waals surface area (Å²) in [4.78, 5) is 22.8. The minimum absolute atomic E-state index is 0.00468. The van der Waals surface area contributed by atoms with Gasteiger partial charge in [-0.3, -0.25) is 9.59 Å². The van der Waals surface area contributed by atoms with Crippen LogP contribution in [0.4, 0.5) is 5.69 Å². The van der Waals surface area contributed by atoms with Crippen LogP contribution < -0.4 is 16.8 Å². The van der Waals surface area contributed by atoms with E-state index in [1.165, 1.54) is 0 Å². The van der Waals surface area contributed by atoms with E-state index in [0.717, 1.165) is 5.56 Å². The maximum absolute atomic E-state index is 11.6. The molecule has 1 unspecified atom stereocenters. The zero-order chi connectivity index (χ0) is 13.7. The number of aryl methyl sites for hydroxylation is 1. The van der Waals surface area contributed by atoms with Gasteiger partial charge in [0.05, 0.1) is 0 Å². The van der Waals surface area contributed by atoms with E-state index in [4.69, 9.17) is 11.5 Å². The summed E-state index contributed by atoms with van der Waals surface area (Å²) in [7, 11) is 0. The zero-order valence-corrected chi connectivity index (χ0v) is 10.7. The van der Waals surface area contributed by atoms with Crippen LogP contribution in [-0.4, -0.2) is 17.9 Å². The monoisotopic (exact) mass is 249 g/mol. The van der Waals surface area contributed by atoms with Crippen LogP contribution in [0.5, 0.6) is 0 Å². The molecule has 18 heavy (non-hydrogen) atoms. The molecule has 5 N–H and O–H groups in total. The maximum atomic E-state index is 11.6. The van der Waals surface area contributed by atoms with E-state index in [1.807, 2.05) is 6.92 Å². The molecule has 0 aliphatic heterocycles. The first-order valence-corrected chi connectivity index (χ1v) is 5.86. The van der Waals surface area contributed by atoms with Crippen LogP contribution >= 0.6 is 0 Å². The highest BCUT2D eigenvalue weighted by molar-refractivity contribution is 5.97. The van der Waals surface area contributed by atoms with E-state index in [0.29, 0.717) is 24.1 Å². The van der Waals surface area contributed by atoms with Gasteiger partial charge in [-0.25, -0.2) is 0 Å². The third-order valence-corrected chi connectivity index (χ3v) is 2.61. The number of nitrogens with one attached hydrogen (secondary N) is 1. The van der Waals surface area contributed by atoms with E-state index >= 15 is 0 Å². The first kappa shape index (κ1) is 14.2. The van der Waals surface area contributed by atoms with Crippen molar-refractivity contribution in [3.05, 3.63) is 29.3 Å². The van der Waals surface area contributed by atoms with Crippen LogP contribution in [0, 0.1) is 6.92 Å². The van der Waals surface area contributed by atoms with Gasteiger partial charge in [0.2, 0.25) is 11.8 Å². The van der Waals surface area contributed by atoms with Gasteiger partial charge in [0, 0.05) is 23.7 Å². The Kier molecular flexibility index (Phi) is 4.85. The maximum Gasteiger partial charge on any atom is 0.249 e. The summed E-state index contributed by atoms with van der Waals surface area (Å²) < 4.78 is 0. The predicted octanol–water partition coefficient (Wildman–Crippen LogP) is 1.16. The Morgan fingerprint density at radius 2 is 2.06 bits per heavy atom. The van der Waals surface area contributed by atoms with Gasteiger partial charge >= 0.3 is 0 Å². The first-order chi connectivity index (χ1) is 8.40. The minimum atomic E-state index is -0.501. The van der Waals surface area contributed by atoms with Crippen molar-refractivity contribution in [2.45, 2.75) is 32.7 Å². The van der Waals surface area contributed by atoms with Crippen molar-refractivity contribution in [2.75, 3.05) is 5.32 Å². The standard InChI is InChI=1S/C13H19N3O2/c1-8-3-5-10(7-11(8)13(15)18)16-12(17)6-4-9(2)14/h3,5,7,9H,4,6,14H2,1-2H3,(H2,15,18)(H,16,17). The zero-order valence-electron chi connectivity index (χ0n) is 10.7. The van der Waals surface area contributed by atoms with Gasteiger partial charge in [-0.05, 0) is 38.0 Å². The van der Waals surface area contributed by atoms with Crippen LogP contribution in [0.15, 0.2) is 18.2 Å². The highest BCUT2D eigenvalue weighted by Gasteiger charge is 2.08. The molecule has 2 amide bonds. The van der Waals surface area contributed by atoms with Crippen molar-refractivity contribution in [3.63, 3.8) is 0 Å². The third kappa shape index (κ3) is 4.18. The molecule has 0 radical (unpaired) electrons. The molecule has 0 bridgehead atoms. The molecule has 5 heteroatoms. The number of rotatable bonds is 5. The molecule has 98 valence electrons. The fourth-order valence-corrected chi connectivity index (χ4v) is 1.55. The number of primary amides is 1. The Labute approximate surface area is 107 Å². The molecule has 0 aliphatic carbocycles. The second-order valence-electron chi connectivity index (χ2n) is 4.46. The van der Waals surface area contributed by atoms with Crippen molar-refractivity contribution in [2.24, 2.45) is 11.5 Å². The van der Waals surface area contributed by atoms with Crippen molar-refractivity contribution >= 4 is 17.5 Å². The van der Waals surface area contributed by atoms with Crippen LogP contribution in [0.25, 0.3) is 0 Å². The number of carbonyl (C=O) groups is 2. The quantitative estimate of drug-likeness (QED) is 0.730. The summed E-state index contributed by atoms with van der Waals surface area (Å²) in [5.41, 5.74) is 12.6. The molecule has 0 saturated heterocycles. The molecule has 0 heterocycles. The lowest BCUT2D eigenvalue weighted by Gasteiger charge is -2.09. The van der Waals surface area contributed by atoms with Gasteiger partial charge < -0.3 is 16.8 Å². The molecule has 1 atom stereocenters. The summed E-state index contributed by atoms with van der Waals surface area (Å²) >= 11 is 0. The topological polar surface area (TPSA) is 98.2 Å². The fourth-order valence-electron chi connectivity index (χ4n) is 1.55. The Morgan fingerprint density at radius 3 is 2.61 bits per heavy atom. The first-order valence-electron chi connectivity index (χ1n) is 5.86. The van der Waals surface area contributed by atoms with E-state index < -0.39 is 5.91 Å². The highest BCUT2D eigenvalue weighted by Crippen LogP contribution is 2.15. The lowest BCUT2D eigenvalue weighted by Crippen LogP contribution is -2.20. The Bertz CT molecular complexity index is 456. The lowest BCUT2D eigenvalue weighted by molar-refractivity contribution is -0.116. The number of nitrogens with two attached hydrogens (primary N) is 2. The van der Waals surface area contributed by atoms with Crippen molar-refractivity contribution < 1.29 is 9.59 Å². The number of hydrogen-bond acceptors (Lipinski definition) is 3. The number of benzene rings is 1. The molecule has 0 aliphatic rings. The number of carbonyl (C=O) groups excluding carboxylic acids is 2. The van der Waals surface area contributed by atoms with Gasteiger partial charge in [0.15, 0.2) is 0 Å². The highest BCUT2D eigenvalue weighted by atomic mass is 16.2. The number of amides is 2. The summed E-state index contributed by atoms with van der Waals surface area (Å²) in [5.74, 6) is -0.620. The third-order valence-electron chi connectivity index (χ3n) is 2.61. The molecule has 1 rings (SSSR count). The predicted molar refractivity (Wildman–Crippen MR) is 71.2 cm³/mol. The molecule has 0 spiro atoms. The smallest absolute Gasteiger partial charge is 0.249 e. The number of anilines is 1. The van der Waals surface area contributed by atoms with Crippen molar-refractivity contribution in [1.82, 2.24) is 0 Å². The minimum Gasteiger partial charge on any atom is -0.366 e. The van der Waals surface area contributed by atoms with Crippen LogP contribution in [0.1, 0.15) is 35.7 Å². The largest absolute Gasteiger partial charge is 0.366 e. The van der Waals surface area contributed by atoms with Crippen molar-refractivity contribution in [1.29, 1.82) is 0 Å². The summed E-state index contributed by atoms with van der Waals surface area (Å²) in [6.45, 7) is 3.64. The van der Waals surface area contributed by atoms with Crippen LogP contribution in [-0.2, 0) is 4.79 Å². The molecular weight excluding hydrogens is 230 g/mol. The summed E-state index contributed by atoms with van der Waals surface area (Å²) in [6.07, 6.45) is 0.984. The average Bonchev–Trinajstić information content (AvgIpc) is 2.28. The van der Waals surface area contributed by atoms with Gasteiger partial charge in [0.25, 0.3) is 0 Å². The van der Waals surface area contributed by atoms with E-state index in [-0.39, 0.29) is 11.9 Å². The second kappa shape index (κ2) is 6.16. The average molecular weight is 249 g/mol. The molecule has 0 saturated carbocycles. The second-order valence-corrected chi connectivity index (χ2v) is 4.46. The molecule has 0 fully saturated rings. The lowest BCUT2D eigenvalue weighted by atomic mass is 10.1. The van der Waals surface area contributed by atoms with Crippen LogP contribution in [0.2, 0.25) is 0 Å². The SMILES string of the molecule is Cc1ccc(NC(=O)CCC(C)N)cc1C(N)=O. The van der Waals surface area contributed by atoms with E-state index in [1.54, 1.807) is 25.1 Å². The van der Waals surface area contributed by atoms with Gasteiger partial charge in [-0.2, -0.15) is 0 Å². The summed E-state index contributed by atoms with van der Waals surface area (Å²) in [6, 6.07) is 5.07. The molecule has 5 nitrogen and oxygen atoms in total. The van der Waals surface area contributed by atoms with Crippen molar-refractivity contribution in [3.8, 4) is 0 Å². The molecular formula is C13H19N3O2. The Balaban J connectivity index is 2.70. The Morgan fingerprint density at radius 1 is 1.39 bits per heavy atom. The van der Waals surface area contributed by atoms with E-state index in [9.17, 15) is 9.59 Å². The van der Waals surface area contributed by atoms with E-state index in [2.05, 4.69) is 5.32 Å². The van der Waals surface area contributed by atoms with Gasteiger partial charge in [-0.15, -0.1) is 0 Å². The molecule has 0 aromatic heterocycles. The fraction of sp³-hybridized carbons (Fsp3) is 0.385. The normalized spacial score (nSPS) is 11.9. The molecule has 1 aromatic rings.